The average molecular weight is 315 g/mol. The van der Waals surface area contributed by atoms with Crippen molar-refractivity contribution in [3.8, 4) is 0 Å². The third kappa shape index (κ3) is 3.38. The molecule has 0 saturated carbocycles. The Balaban J connectivity index is 2.19. The molecule has 124 valence electrons. The summed E-state index contributed by atoms with van der Waals surface area (Å²) in [6.45, 7) is 9.35. The topological polar surface area (TPSA) is 56.4 Å². The maximum Gasteiger partial charge on any atom is 0.254 e. The number of benzene rings is 1. The first-order chi connectivity index (χ1) is 10.9. The van der Waals surface area contributed by atoms with Crippen LogP contribution in [0.3, 0.4) is 0 Å². The highest BCUT2D eigenvalue weighted by Crippen LogP contribution is 2.22. The number of carbonyl (C=O) groups excluding carboxylic acids is 2. The van der Waals surface area contributed by atoms with Gasteiger partial charge in [-0.2, -0.15) is 0 Å². The molecule has 5 heteroatoms. The molecule has 2 aromatic rings. The van der Waals surface area contributed by atoms with Crippen molar-refractivity contribution in [3.63, 3.8) is 0 Å². The lowest BCUT2D eigenvalue weighted by molar-refractivity contribution is -0.131. The molecule has 23 heavy (non-hydrogen) atoms. The molecule has 0 saturated heterocycles. The van der Waals surface area contributed by atoms with Gasteiger partial charge in [0.25, 0.3) is 5.91 Å². The summed E-state index contributed by atoms with van der Waals surface area (Å²) in [5.41, 5.74) is 3.89. The number of hydrogen-bond donors (Lipinski definition) is 1. The number of amides is 2. The Bertz CT molecular complexity index is 729. The van der Waals surface area contributed by atoms with Gasteiger partial charge in [-0.25, -0.2) is 0 Å². The van der Waals surface area contributed by atoms with E-state index in [1.807, 2.05) is 39.8 Å². The van der Waals surface area contributed by atoms with Crippen LogP contribution in [-0.4, -0.2) is 53.3 Å². The van der Waals surface area contributed by atoms with Gasteiger partial charge < -0.3 is 14.8 Å². The van der Waals surface area contributed by atoms with Crippen LogP contribution in [0.15, 0.2) is 18.2 Å². The molecule has 1 aromatic heterocycles. The zero-order valence-electron chi connectivity index (χ0n) is 14.6. The summed E-state index contributed by atoms with van der Waals surface area (Å²) < 4.78 is 0. The quantitative estimate of drug-likeness (QED) is 0.922. The van der Waals surface area contributed by atoms with Crippen molar-refractivity contribution in [2.75, 3.05) is 26.7 Å². The van der Waals surface area contributed by atoms with Gasteiger partial charge >= 0.3 is 0 Å². The molecule has 0 aliphatic carbocycles. The van der Waals surface area contributed by atoms with Crippen molar-refractivity contribution >= 4 is 22.7 Å². The highest BCUT2D eigenvalue weighted by atomic mass is 16.2. The van der Waals surface area contributed by atoms with Gasteiger partial charge in [-0.15, -0.1) is 0 Å². The Morgan fingerprint density at radius 3 is 2.39 bits per heavy atom. The number of carbonyl (C=O) groups is 2. The van der Waals surface area contributed by atoms with Gasteiger partial charge in [-0.3, -0.25) is 9.59 Å². The van der Waals surface area contributed by atoms with Crippen molar-refractivity contribution in [2.45, 2.75) is 27.7 Å². The molecule has 0 spiro atoms. The number of H-pyrrole nitrogens is 1. The number of fused-ring (bicyclic) bond motifs is 1. The number of nitrogens with zero attached hydrogens (tertiary/aromatic N) is 2. The van der Waals surface area contributed by atoms with Crippen LogP contribution in [0.4, 0.5) is 0 Å². The monoisotopic (exact) mass is 315 g/mol. The van der Waals surface area contributed by atoms with Crippen molar-refractivity contribution in [2.24, 2.45) is 0 Å². The number of rotatable bonds is 5. The summed E-state index contributed by atoms with van der Waals surface area (Å²) >= 11 is 0. The molecule has 2 amide bonds. The summed E-state index contributed by atoms with van der Waals surface area (Å²) in [5, 5.41) is 1.05. The minimum absolute atomic E-state index is 0.0272. The molecule has 0 aliphatic rings. The van der Waals surface area contributed by atoms with Crippen molar-refractivity contribution in [1.29, 1.82) is 0 Å². The zero-order chi connectivity index (χ0) is 17.1. The Hall–Kier alpha value is -2.30. The highest BCUT2D eigenvalue weighted by molar-refractivity contribution is 6.00. The second-order valence-electron chi connectivity index (χ2n) is 5.86. The number of nitrogens with one attached hydrogen (secondary N) is 1. The predicted octanol–water partition coefficient (Wildman–Crippen LogP) is 2.73. The average Bonchev–Trinajstić information content (AvgIpc) is 2.82. The van der Waals surface area contributed by atoms with Crippen LogP contribution in [0.25, 0.3) is 10.9 Å². The molecule has 0 atom stereocenters. The summed E-state index contributed by atoms with van der Waals surface area (Å²) in [7, 11) is 1.67. The van der Waals surface area contributed by atoms with E-state index < -0.39 is 0 Å². The first-order valence-electron chi connectivity index (χ1n) is 8.01. The first-order valence-corrected chi connectivity index (χ1v) is 8.01. The maximum atomic E-state index is 12.6. The van der Waals surface area contributed by atoms with E-state index in [1.54, 1.807) is 18.0 Å². The van der Waals surface area contributed by atoms with Gasteiger partial charge in [-0.1, -0.05) is 0 Å². The highest BCUT2D eigenvalue weighted by Gasteiger charge is 2.18. The molecule has 1 aromatic carbocycles. The van der Waals surface area contributed by atoms with E-state index in [-0.39, 0.29) is 18.4 Å². The first kappa shape index (κ1) is 17.1. The largest absolute Gasteiger partial charge is 0.358 e. The standard InChI is InChI=1S/C18H25N3O2/c1-6-21(7-2)17(22)11-20(5)18(23)14-8-9-16-15(10-14)12(3)13(4)19-16/h8-10,19H,6-7,11H2,1-5H3. The minimum atomic E-state index is -0.134. The number of hydrogen-bond acceptors (Lipinski definition) is 2. The lowest BCUT2D eigenvalue weighted by atomic mass is 10.1. The van der Waals surface area contributed by atoms with Crippen LogP contribution in [0.5, 0.6) is 0 Å². The van der Waals surface area contributed by atoms with Gasteiger partial charge in [0.15, 0.2) is 0 Å². The SMILES string of the molecule is CCN(CC)C(=O)CN(C)C(=O)c1ccc2[nH]c(C)c(C)c2c1. The second kappa shape index (κ2) is 6.86. The Morgan fingerprint density at radius 2 is 1.78 bits per heavy atom. The van der Waals surface area contributed by atoms with E-state index in [9.17, 15) is 9.59 Å². The van der Waals surface area contributed by atoms with E-state index in [4.69, 9.17) is 0 Å². The van der Waals surface area contributed by atoms with Crippen LogP contribution in [0.2, 0.25) is 0 Å². The third-order valence-corrected chi connectivity index (χ3v) is 4.39. The van der Waals surface area contributed by atoms with Crippen molar-refractivity contribution in [1.82, 2.24) is 14.8 Å². The van der Waals surface area contributed by atoms with Gasteiger partial charge in [0.1, 0.15) is 0 Å². The summed E-state index contributed by atoms with van der Waals surface area (Å²) in [4.78, 5) is 31.2. The Kier molecular flexibility index (Phi) is 5.08. The molecule has 0 bridgehead atoms. The van der Waals surface area contributed by atoms with E-state index in [1.165, 1.54) is 4.90 Å². The molecule has 1 N–H and O–H groups in total. The van der Waals surface area contributed by atoms with E-state index in [2.05, 4.69) is 4.98 Å². The molecule has 0 unspecified atom stereocenters. The van der Waals surface area contributed by atoms with Crippen molar-refractivity contribution < 1.29 is 9.59 Å². The van der Waals surface area contributed by atoms with Crippen LogP contribution >= 0.6 is 0 Å². The number of aromatic amines is 1. The lowest BCUT2D eigenvalue weighted by Gasteiger charge is -2.23. The smallest absolute Gasteiger partial charge is 0.254 e. The normalized spacial score (nSPS) is 10.8. The molecule has 5 nitrogen and oxygen atoms in total. The van der Waals surface area contributed by atoms with Crippen LogP contribution in [-0.2, 0) is 4.79 Å². The minimum Gasteiger partial charge on any atom is -0.358 e. The lowest BCUT2D eigenvalue weighted by Crippen LogP contribution is -2.41. The number of likely N-dealkylation sites (N-methyl/N-ethyl adjacent to an activating group) is 2. The fraction of sp³-hybridized carbons (Fsp3) is 0.444. The fourth-order valence-corrected chi connectivity index (χ4v) is 2.77. The molecule has 0 radical (unpaired) electrons. The van der Waals surface area contributed by atoms with E-state index in [0.717, 1.165) is 22.2 Å². The summed E-state index contributed by atoms with van der Waals surface area (Å²) in [6.07, 6.45) is 0. The van der Waals surface area contributed by atoms with Gasteiger partial charge in [-0.05, 0) is 51.5 Å². The fourth-order valence-electron chi connectivity index (χ4n) is 2.77. The van der Waals surface area contributed by atoms with Gasteiger partial charge in [0.05, 0.1) is 6.54 Å². The Morgan fingerprint density at radius 1 is 1.13 bits per heavy atom. The Labute approximate surface area is 137 Å². The van der Waals surface area contributed by atoms with Crippen LogP contribution < -0.4 is 0 Å². The number of aromatic nitrogens is 1. The third-order valence-electron chi connectivity index (χ3n) is 4.39. The molecule has 1 heterocycles. The molecule has 2 rings (SSSR count). The summed E-state index contributed by atoms with van der Waals surface area (Å²) in [5.74, 6) is -0.161. The molecular formula is C18H25N3O2. The molecule has 0 aliphatic heterocycles. The molecule has 0 fully saturated rings. The summed E-state index contributed by atoms with van der Waals surface area (Å²) in [6, 6.07) is 5.62. The molecular weight excluding hydrogens is 290 g/mol. The zero-order valence-corrected chi connectivity index (χ0v) is 14.6. The number of aryl methyl sites for hydroxylation is 2. The van der Waals surface area contributed by atoms with Crippen molar-refractivity contribution in [3.05, 3.63) is 35.0 Å². The van der Waals surface area contributed by atoms with Gasteiger partial charge in [0.2, 0.25) is 5.91 Å². The predicted molar refractivity (Wildman–Crippen MR) is 92.7 cm³/mol. The van der Waals surface area contributed by atoms with Crippen LogP contribution in [0, 0.1) is 13.8 Å². The maximum absolute atomic E-state index is 12.6. The second-order valence-corrected chi connectivity index (χ2v) is 5.86. The van der Waals surface area contributed by atoms with Crippen LogP contribution in [0.1, 0.15) is 35.5 Å². The van der Waals surface area contributed by atoms with E-state index >= 15 is 0 Å². The van der Waals surface area contributed by atoms with E-state index in [0.29, 0.717) is 18.7 Å². The van der Waals surface area contributed by atoms with Gasteiger partial charge in [0, 0.05) is 42.3 Å².